The van der Waals surface area contributed by atoms with Crippen molar-refractivity contribution in [2.75, 3.05) is 26.1 Å². The quantitative estimate of drug-likeness (QED) is 0.451. The molecule has 1 aliphatic rings. The van der Waals surface area contributed by atoms with Gasteiger partial charge in [0.05, 0.1) is 20.8 Å². The maximum atomic E-state index is 13.7. The predicted molar refractivity (Wildman–Crippen MR) is 137 cm³/mol. The fourth-order valence-corrected chi connectivity index (χ4v) is 4.44. The standard InChI is InChI=1S/C27H27BrN2O5/c1-4-17-6-5-7-22-25(27(32)29-20-11-9-19(28)10-12-20)30(24(31)16-35-26(17)22)15-18-8-13-21(33-2)14-23(18)34-3/h5-14,25H,4,15-16H2,1-3H3,(H,29,32). The molecule has 1 N–H and O–H groups in total. The van der Waals surface area contributed by atoms with Gasteiger partial charge in [-0.3, -0.25) is 9.59 Å². The minimum atomic E-state index is -0.901. The fraction of sp³-hybridized carbons (Fsp3) is 0.259. The van der Waals surface area contributed by atoms with Crippen molar-refractivity contribution in [1.82, 2.24) is 4.90 Å². The zero-order valence-electron chi connectivity index (χ0n) is 19.8. The van der Waals surface area contributed by atoms with Crippen LogP contribution in [0.4, 0.5) is 5.69 Å². The van der Waals surface area contributed by atoms with Gasteiger partial charge in [-0.2, -0.15) is 0 Å². The summed E-state index contributed by atoms with van der Waals surface area (Å²) in [7, 11) is 3.14. The number of fused-ring (bicyclic) bond motifs is 1. The van der Waals surface area contributed by atoms with Crippen LogP contribution < -0.4 is 19.5 Å². The normalized spacial score (nSPS) is 15.0. The van der Waals surface area contributed by atoms with Gasteiger partial charge in [-0.15, -0.1) is 0 Å². The topological polar surface area (TPSA) is 77.1 Å². The fourth-order valence-electron chi connectivity index (χ4n) is 4.18. The van der Waals surface area contributed by atoms with E-state index in [1.54, 1.807) is 43.4 Å². The van der Waals surface area contributed by atoms with Crippen molar-refractivity contribution < 1.29 is 23.8 Å². The van der Waals surface area contributed by atoms with Gasteiger partial charge in [-0.05, 0) is 48.4 Å². The number of carbonyl (C=O) groups excluding carboxylic acids is 2. The van der Waals surface area contributed by atoms with Crippen molar-refractivity contribution in [2.24, 2.45) is 0 Å². The van der Waals surface area contributed by atoms with Gasteiger partial charge in [0.1, 0.15) is 23.3 Å². The number of hydrogen-bond acceptors (Lipinski definition) is 5. The minimum Gasteiger partial charge on any atom is -0.497 e. The lowest BCUT2D eigenvalue weighted by Crippen LogP contribution is -2.41. The van der Waals surface area contributed by atoms with Gasteiger partial charge in [0.15, 0.2) is 6.61 Å². The first-order valence-electron chi connectivity index (χ1n) is 11.3. The van der Waals surface area contributed by atoms with E-state index in [1.165, 1.54) is 0 Å². The van der Waals surface area contributed by atoms with E-state index in [0.717, 1.165) is 15.6 Å². The molecule has 1 heterocycles. The van der Waals surface area contributed by atoms with E-state index in [1.807, 2.05) is 43.3 Å². The largest absolute Gasteiger partial charge is 0.497 e. The minimum absolute atomic E-state index is 0.156. The zero-order valence-corrected chi connectivity index (χ0v) is 21.4. The highest BCUT2D eigenvalue weighted by atomic mass is 79.9. The number of hydrogen-bond donors (Lipinski definition) is 1. The average Bonchev–Trinajstić information content (AvgIpc) is 3.02. The summed E-state index contributed by atoms with van der Waals surface area (Å²) >= 11 is 3.41. The lowest BCUT2D eigenvalue weighted by Gasteiger charge is -2.30. The summed E-state index contributed by atoms with van der Waals surface area (Å²) in [6.45, 7) is 2.01. The second-order valence-electron chi connectivity index (χ2n) is 8.08. The van der Waals surface area contributed by atoms with Gasteiger partial charge in [0.2, 0.25) is 0 Å². The molecule has 0 saturated carbocycles. The van der Waals surface area contributed by atoms with E-state index in [4.69, 9.17) is 14.2 Å². The smallest absolute Gasteiger partial charge is 0.261 e. The number of methoxy groups -OCH3 is 2. The number of para-hydroxylation sites is 1. The third-order valence-corrected chi connectivity index (χ3v) is 6.50. The van der Waals surface area contributed by atoms with Crippen LogP contribution in [0.5, 0.6) is 17.2 Å². The number of benzene rings is 3. The first-order chi connectivity index (χ1) is 16.9. The predicted octanol–water partition coefficient (Wildman–Crippen LogP) is 5.13. The molecule has 0 aromatic heterocycles. The highest BCUT2D eigenvalue weighted by Crippen LogP contribution is 2.38. The number of aryl methyl sites for hydroxylation is 1. The van der Waals surface area contributed by atoms with E-state index >= 15 is 0 Å². The molecular formula is C27H27BrN2O5. The molecule has 2 amide bonds. The molecule has 8 heteroatoms. The van der Waals surface area contributed by atoms with Crippen LogP contribution in [0, 0.1) is 0 Å². The number of nitrogens with zero attached hydrogens (tertiary/aromatic N) is 1. The number of nitrogens with one attached hydrogen (secondary N) is 1. The zero-order chi connectivity index (χ0) is 24.9. The van der Waals surface area contributed by atoms with Crippen molar-refractivity contribution >= 4 is 33.4 Å². The summed E-state index contributed by atoms with van der Waals surface area (Å²) in [4.78, 5) is 28.7. The molecule has 182 valence electrons. The van der Waals surface area contributed by atoms with E-state index in [9.17, 15) is 9.59 Å². The van der Waals surface area contributed by atoms with Crippen molar-refractivity contribution in [1.29, 1.82) is 0 Å². The number of rotatable bonds is 7. The summed E-state index contributed by atoms with van der Waals surface area (Å²) in [6.07, 6.45) is 0.713. The average molecular weight is 539 g/mol. The third kappa shape index (κ3) is 5.27. The summed E-state index contributed by atoms with van der Waals surface area (Å²) in [6, 6.07) is 17.5. The lowest BCUT2D eigenvalue weighted by atomic mass is 9.98. The summed E-state index contributed by atoms with van der Waals surface area (Å²) in [5.74, 6) is 1.17. The Morgan fingerprint density at radius 3 is 2.54 bits per heavy atom. The van der Waals surface area contributed by atoms with Gasteiger partial charge >= 0.3 is 0 Å². The molecule has 7 nitrogen and oxygen atoms in total. The van der Waals surface area contributed by atoms with Crippen LogP contribution in [0.2, 0.25) is 0 Å². The maximum Gasteiger partial charge on any atom is 0.261 e. The van der Waals surface area contributed by atoms with E-state index < -0.39 is 6.04 Å². The van der Waals surface area contributed by atoms with Crippen LogP contribution >= 0.6 is 15.9 Å². The Bertz CT molecular complexity index is 1230. The second kappa shape index (κ2) is 10.8. The molecule has 0 fully saturated rings. The summed E-state index contributed by atoms with van der Waals surface area (Å²) in [5, 5.41) is 2.97. The van der Waals surface area contributed by atoms with Crippen LogP contribution in [0.1, 0.15) is 29.7 Å². The Hall–Kier alpha value is -3.52. The van der Waals surface area contributed by atoms with E-state index in [-0.39, 0.29) is 25.0 Å². The number of carbonyl (C=O) groups is 2. The molecule has 4 rings (SSSR count). The van der Waals surface area contributed by atoms with E-state index in [0.29, 0.717) is 34.9 Å². The monoisotopic (exact) mass is 538 g/mol. The molecular weight excluding hydrogens is 512 g/mol. The number of halogens is 1. The molecule has 0 radical (unpaired) electrons. The molecule has 1 aliphatic heterocycles. The first kappa shape index (κ1) is 24.6. The van der Waals surface area contributed by atoms with Gasteiger partial charge in [-0.25, -0.2) is 0 Å². The van der Waals surface area contributed by atoms with Gasteiger partial charge in [0.25, 0.3) is 11.8 Å². The molecule has 0 spiro atoms. The Labute approximate surface area is 213 Å². The maximum absolute atomic E-state index is 13.7. The lowest BCUT2D eigenvalue weighted by molar-refractivity contribution is -0.140. The summed E-state index contributed by atoms with van der Waals surface area (Å²) in [5.41, 5.74) is 2.97. The van der Waals surface area contributed by atoms with Gasteiger partial charge in [-0.1, -0.05) is 41.1 Å². The molecule has 3 aromatic carbocycles. The van der Waals surface area contributed by atoms with Crippen LogP contribution in [0.3, 0.4) is 0 Å². The Balaban J connectivity index is 1.78. The van der Waals surface area contributed by atoms with Crippen LogP contribution in [0.15, 0.2) is 65.1 Å². The Morgan fingerprint density at radius 1 is 1.09 bits per heavy atom. The number of anilines is 1. The molecule has 35 heavy (non-hydrogen) atoms. The Kier molecular flexibility index (Phi) is 7.60. The highest BCUT2D eigenvalue weighted by molar-refractivity contribution is 9.10. The van der Waals surface area contributed by atoms with E-state index in [2.05, 4.69) is 21.2 Å². The van der Waals surface area contributed by atoms with Crippen LogP contribution in [-0.2, 0) is 22.6 Å². The molecule has 0 aliphatic carbocycles. The van der Waals surface area contributed by atoms with Gasteiger partial charge < -0.3 is 24.4 Å². The second-order valence-corrected chi connectivity index (χ2v) is 8.99. The van der Waals surface area contributed by atoms with Crippen molar-refractivity contribution in [3.05, 3.63) is 81.8 Å². The summed E-state index contributed by atoms with van der Waals surface area (Å²) < 4.78 is 17.7. The molecule has 3 aromatic rings. The first-order valence-corrected chi connectivity index (χ1v) is 12.1. The molecule has 0 saturated heterocycles. The SMILES string of the molecule is CCc1cccc2c1OCC(=O)N(Cc1ccc(OC)cc1OC)C2C(=O)Nc1ccc(Br)cc1. The Morgan fingerprint density at radius 2 is 1.86 bits per heavy atom. The molecule has 1 atom stereocenters. The van der Waals surface area contributed by atoms with Crippen LogP contribution in [-0.4, -0.2) is 37.5 Å². The van der Waals surface area contributed by atoms with Crippen molar-refractivity contribution in [3.63, 3.8) is 0 Å². The molecule has 1 unspecified atom stereocenters. The molecule has 0 bridgehead atoms. The highest BCUT2D eigenvalue weighted by Gasteiger charge is 2.37. The van der Waals surface area contributed by atoms with Gasteiger partial charge in [0, 0.05) is 27.4 Å². The van der Waals surface area contributed by atoms with Crippen molar-refractivity contribution in [2.45, 2.75) is 25.9 Å². The third-order valence-electron chi connectivity index (χ3n) is 5.97. The van der Waals surface area contributed by atoms with Crippen LogP contribution in [0.25, 0.3) is 0 Å². The van der Waals surface area contributed by atoms with Crippen molar-refractivity contribution in [3.8, 4) is 17.2 Å². The number of ether oxygens (including phenoxy) is 3. The number of amides is 2.